The Bertz CT molecular complexity index is 1260. The lowest BCUT2D eigenvalue weighted by Crippen LogP contribution is -2.43. The third-order valence-electron chi connectivity index (χ3n) is 5.52. The molecule has 4 rings (SSSR count). The molecule has 1 saturated carbocycles. The predicted octanol–water partition coefficient (Wildman–Crippen LogP) is 2.80. The summed E-state index contributed by atoms with van der Waals surface area (Å²) in [4.78, 5) is 27.5. The number of aryl methyl sites for hydroxylation is 2. The molecule has 1 aliphatic carbocycles. The van der Waals surface area contributed by atoms with Crippen molar-refractivity contribution in [3.05, 3.63) is 53.2 Å². The van der Waals surface area contributed by atoms with E-state index in [9.17, 15) is 22.8 Å². The Morgan fingerprint density at radius 1 is 1.22 bits per heavy atom. The van der Waals surface area contributed by atoms with Crippen molar-refractivity contribution in [1.29, 1.82) is 0 Å². The molecule has 14 heteroatoms. The molecule has 37 heavy (non-hydrogen) atoms. The molecule has 0 spiro atoms. The van der Waals surface area contributed by atoms with Crippen molar-refractivity contribution in [2.24, 2.45) is 0 Å². The van der Waals surface area contributed by atoms with E-state index in [0.717, 1.165) is 10.9 Å². The van der Waals surface area contributed by atoms with Crippen molar-refractivity contribution < 1.29 is 32.6 Å². The smallest absolute Gasteiger partial charge is 0.358 e. The van der Waals surface area contributed by atoms with Gasteiger partial charge in [0.1, 0.15) is 18.0 Å². The van der Waals surface area contributed by atoms with Crippen molar-refractivity contribution in [2.45, 2.75) is 63.8 Å². The van der Waals surface area contributed by atoms with Gasteiger partial charge in [-0.3, -0.25) is 9.78 Å². The van der Waals surface area contributed by atoms with Gasteiger partial charge < -0.3 is 15.2 Å². The standard InChI is InChI=1S/C23H24F3N7O4/c1-13-6-17(37-18-9-23(25,26)10-18)7-16(27-13)8-21(34)28-20-5-4-15(29-31-20)3-2-14(24)11-33-12-19(22(35)36)30-32-33/h4-7,12,14,18H,2-3,8-11H2,1H3,(H,35,36)(H,28,31,34). The Morgan fingerprint density at radius 2 is 2.00 bits per heavy atom. The highest BCUT2D eigenvalue weighted by Crippen LogP contribution is 2.39. The average Bonchev–Trinajstić information content (AvgIpc) is 3.26. The molecule has 3 aromatic heterocycles. The number of halogens is 3. The number of nitrogens with zero attached hydrogens (tertiary/aromatic N) is 6. The molecule has 3 aromatic rings. The van der Waals surface area contributed by atoms with Crippen LogP contribution in [0.5, 0.6) is 5.75 Å². The van der Waals surface area contributed by atoms with Gasteiger partial charge in [-0.05, 0) is 31.9 Å². The number of hydrogen-bond donors (Lipinski definition) is 2. The van der Waals surface area contributed by atoms with E-state index < -0.39 is 30.1 Å². The Morgan fingerprint density at radius 3 is 2.65 bits per heavy atom. The third kappa shape index (κ3) is 7.44. The first-order valence-electron chi connectivity index (χ1n) is 11.5. The molecule has 0 saturated heterocycles. The maximum Gasteiger partial charge on any atom is 0.358 e. The molecule has 0 aromatic carbocycles. The predicted molar refractivity (Wildman–Crippen MR) is 122 cm³/mol. The second kappa shape index (κ2) is 10.9. The van der Waals surface area contributed by atoms with Gasteiger partial charge in [0.15, 0.2) is 11.5 Å². The number of aromatic nitrogens is 6. The Kier molecular flexibility index (Phi) is 7.64. The monoisotopic (exact) mass is 519 g/mol. The fourth-order valence-corrected chi connectivity index (χ4v) is 3.74. The van der Waals surface area contributed by atoms with Crippen molar-refractivity contribution in [1.82, 2.24) is 30.2 Å². The molecule has 0 bridgehead atoms. The van der Waals surface area contributed by atoms with Crippen LogP contribution in [0.3, 0.4) is 0 Å². The maximum atomic E-state index is 14.2. The van der Waals surface area contributed by atoms with Gasteiger partial charge in [-0.2, -0.15) is 5.10 Å². The number of aromatic carboxylic acids is 1. The van der Waals surface area contributed by atoms with Crippen LogP contribution in [0.2, 0.25) is 0 Å². The van der Waals surface area contributed by atoms with Crippen LogP contribution in [0.15, 0.2) is 30.5 Å². The Hall–Kier alpha value is -4.10. The molecule has 0 aliphatic heterocycles. The zero-order valence-electron chi connectivity index (χ0n) is 19.8. The van der Waals surface area contributed by atoms with Crippen molar-refractivity contribution in [2.75, 3.05) is 5.32 Å². The van der Waals surface area contributed by atoms with E-state index in [1.54, 1.807) is 31.2 Å². The van der Waals surface area contributed by atoms with Crippen LogP contribution in [0, 0.1) is 6.92 Å². The number of pyridine rings is 1. The van der Waals surface area contributed by atoms with E-state index in [1.807, 2.05) is 0 Å². The van der Waals surface area contributed by atoms with E-state index >= 15 is 0 Å². The first kappa shape index (κ1) is 26.0. The lowest BCUT2D eigenvalue weighted by atomic mass is 9.91. The molecule has 11 nitrogen and oxygen atoms in total. The van der Waals surface area contributed by atoms with Gasteiger partial charge >= 0.3 is 5.97 Å². The summed E-state index contributed by atoms with van der Waals surface area (Å²) < 4.78 is 47.0. The van der Waals surface area contributed by atoms with Crippen LogP contribution in [-0.2, 0) is 24.2 Å². The number of amides is 1. The van der Waals surface area contributed by atoms with Gasteiger partial charge in [0, 0.05) is 30.7 Å². The molecular weight excluding hydrogens is 495 g/mol. The number of carbonyl (C=O) groups excluding carboxylic acids is 1. The molecule has 196 valence electrons. The van der Waals surface area contributed by atoms with Gasteiger partial charge in [0.2, 0.25) is 5.91 Å². The molecular formula is C23H24F3N7O4. The number of carbonyl (C=O) groups is 2. The van der Waals surface area contributed by atoms with E-state index in [1.165, 1.54) is 0 Å². The van der Waals surface area contributed by atoms with Crippen molar-refractivity contribution in [3.8, 4) is 5.75 Å². The lowest BCUT2D eigenvalue weighted by Gasteiger charge is -2.34. The number of nitrogens with one attached hydrogen (secondary N) is 1. The summed E-state index contributed by atoms with van der Waals surface area (Å²) in [6, 6.07) is 6.33. The third-order valence-corrected chi connectivity index (χ3v) is 5.52. The SMILES string of the molecule is Cc1cc(OC2CC(F)(F)C2)cc(CC(=O)Nc2ccc(CCC(F)Cn3cc(C(=O)O)nn3)nn2)n1. The zero-order chi connectivity index (χ0) is 26.6. The number of hydrogen-bond acceptors (Lipinski definition) is 8. The molecule has 0 radical (unpaired) electrons. The summed E-state index contributed by atoms with van der Waals surface area (Å²) in [7, 11) is 0. The zero-order valence-corrected chi connectivity index (χ0v) is 19.8. The minimum absolute atomic E-state index is 0.0856. The number of alkyl halides is 3. The normalized spacial score (nSPS) is 15.6. The summed E-state index contributed by atoms with van der Waals surface area (Å²) in [5.41, 5.74) is 1.26. The molecule has 1 fully saturated rings. The first-order chi connectivity index (χ1) is 17.5. The van der Waals surface area contributed by atoms with Crippen LogP contribution >= 0.6 is 0 Å². The summed E-state index contributed by atoms with van der Waals surface area (Å²) in [6.45, 7) is 1.57. The number of anilines is 1. The molecule has 1 amide bonds. The highest BCUT2D eigenvalue weighted by atomic mass is 19.3. The summed E-state index contributed by atoms with van der Waals surface area (Å²) in [6.07, 6.45) is -1.09. The minimum Gasteiger partial charge on any atom is -0.490 e. The van der Waals surface area contributed by atoms with Gasteiger partial charge in [-0.1, -0.05) is 5.21 Å². The number of carboxylic acid groups (broad SMARTS) is 1. The van der Waals surface area contributed by atoms with Gasteiger partial charge in [0.05, 0.1) is 30.6 Å². The minimum atomic E-state index is -2.69. The second-order valence-corrected chi connectivity index (χ2v) is 8.84. The quantitative estimate of drug-likeness (QED) is 0.391. The van der Waals surface area contributed by atoms with Crippen molar-refractivity contribution >= 4 is 17.7 Å². The van der Waals surface area contributed by atoms with Gasteiger partial charge in [-0.15, -0.1) is 10.2 Å². The summed E-state index contributed by atoms with van der Waals surface area (Å²) in [5.74, 6) is -3.74. The number of ether oxygens (including phenoxy) is 1. The first-order valence-corrected chi connectivity index (χ1v) is 11.5. The Labute approximate surface area is 209 Å². The molecule has 1 unspecified atom stereocenters. The number of rotatable bonds is 11. The topological polar surface area (TPSA) is 145 Å². The average molecular weight is 519 g/mol. The van der Waals surface area contributed by atoms with Gasteiger partial charge in [-0.25, -0.2) is 22.6 Å². The van der Waals surface area contributed by atoms with E-state index in [0.29, 0.717) is 22.8 Å². The maximum absolute atomic E-state index is 14.2. The summed E-state index contributed by atoms with van der Waals surface area (Å²) in [5, 5.41) is 26.4. The number of carboxylic acids is 1. The lowest BCUT2D eigenvalue weighted by molar-refractivity contribution is -0.134. The van der Waals surface area contributed by atoms with Crippen LogP contribution in [0.1, 0.15) is 46.8 Å². The molecule has 1 atom stereocenters. The van der Waals surface area contributed by atoms with Crippen LogP contribution in [0.25, 0.3) is 0 Å². The largest absolute Gasteiger partial charge is 0.490 e. The van der Waals surface area contributed by atoms with E-state index in [4.69, 9.17) is 9.84 Å². The van der Waals surface area contributed by atoms with E-state index in [2.05, 4.69) is 30.8 Å². The molecule has 3 heterocycles. The van der Waals surface area contributed by atoms with Crippen LogP contribution < -0.4 is 10.1 Å². The second-order valence-electron chi connectivity index (χ2n) is 8.84. The van der Waals surface area contributed by atoms with Crippen molar-refractivity contribution in [3.63, 3.8) is 0 Å². The molecule has 1 aliphatic rings. The van der Waals surface area contributed by atoms with E-state index in [-0.39, 0.29) is 50.2 Å². The molecule has 2 N–H and O–H groups in total. The Balaban J connectivity index is 1.24. The van der Waals surface area contributed by atoms with Crippen LogP contribution in [0.4, 0.5) is 19.0 Å². The highest BCUT2D eigenvalue weighted by molar-refractivity contribution is 5.91. The fraction of sp³-hybridized carbons (Fsp3) is 0.435. The highest BCUT2D eigenvalue weighted by Gasteiger charge is 2.47. The van der Waals surface area contributed by atoms with Gasteiger partial charge in [0.25, 0.3) is 5.92 Å². The fourth-order valence-electron chi connectivity index (χ4n) is 3.74. The summed E-state index contributed by atoms with van der Waals surface area (Å²) >= 11 is 0. The van der Waals surface area contributed by atoms with Crippen LogP contribution in [-0.4, -0.2) is 65.4 Å².